The zero-order chi connectivity index (χ0) is 27.6. The van der Waals surface area contributed by atoms with Gasteiger partial charge in [-0.3, -0.25) is 4.79 Å². The summed E-state index contributed by atoms with van der Waals surface area (Å²) in [5.74, 6) is -1.59. The van der Waals surface area contributed by atoms with E-state index < -0.39 is 35.6 Å². The van der Waals surface area contributed by atoms with Crippen molar-refractivity contribution < 1.29 is 27.8 Å². The summed E-state index contributed by atoms with van der Waals surface area (Å²) >= 11 is 0. The third-order valence-electron chi connectivity index (χ3n) is 6.83. The molecule has 0 amide bonds. The average molecular weight is 556 g/mol. The molecule has 0 bridgehead atoms. The van der Waals surface area contributed by atoms with Crippen LogP contribution in [0.3, 0.4) is 0 Å². The molecule has 2 N–H and O–H groups in total. The molecule has 0 aliphatic carbocycles. The molecule has 0 spiro atoms. The molecular formula is C29H37NO6SSi. The van der Waals surface area contributed by atoms with E-state index >= 15 is 0 Å². The van der Waals surface area contributed by atoms with Crippen LogP contribution in [-0.4, -0.2) is 53.7 Å². The monoisotopic (exact) mass is 555 g/mol. The molecule has 0 radical (unpaired) electrons. The molecule has 0 saturated heterocycles. The molecule has 204 valence electrons. The Morgan fingerprint density at radius 1 is 0.947 bits per heavy atom. The van der Waals surface area contributed by atoms with Crippen LogP contribution in [0.25, 0.3) is 0 Å². The van der Waals surface area contributed by atoms with E-state index in [2.05, 4.69) is 4.72 Å². The number of methoxy groups -OCH3 is 1. The van der Waals surface area contributed by atoms with Gasteiger partial charge in [0.05, 0.1) is 10.8 Å². The number of aliphatic carboxylic acids is 1. The number of carboxylic acid groups (broad SMARTS) is 1. The Bertz CT molecular complexity index is 1210. The highest BCUT2D eigenvalue weighted by atomic mass is 32.2. The Morgan fingerprint density at radius 3 is 2.00 bits per heavy atom. The predicted molar refractivity (Wildman–Crippen MR) is 152 cm³/mol. The van der Waals surface area contributed by atoms with Crippen LogP contribution in [0.5, 0.6) is 0 Å². The van der Waals surface area contributed by atoms with Gasteiger partial charge in [0.1, 0.15) is 14.9 Å². The van der Waals surface area contributed by atoms with Gasteiger partial charge in [-0.2, -0.15) is 0 Å². The lowest BCUT2D eigenvalue weighted by molar-refractivity contribution is -0.140. The Morgan fingerprint density at radius 2 is 1.50 bits per heavy atom. The van der Waals surface area contributed by atoms with Crippen molar-refractivity contribution in [1.82, 2.24) is 4.72 Å². The van der Waals surface area contributed by atoms with Crippen molar-refractivity contribution in [3.8, 4) is 0 Å². The highest BCUT2D eigenvalue weighted by molar-refractivity contribution is 7.89. The van der Waals surface area contributed by atoms with Gasteiger partial charge < -0.3 is 14.6 Å². The van der Waals surface area contributed by atoms with Crippen molar-refractivity contribution >= 4 is 34.4 Å². The van der Waals surface area contributed by atoms with Crippen LogP contribution in [0.15, 0.2) is 89.8 Å². The minimum absolute atomic E-state index is 0.149. The number of ether oxygens (including phenoxy) is 2. The third-order valence-corrected chi connectivity index (χ3v) is 14.1. The van der Waals surface area contributed by atoms with Crippen LogP contribution in [0.4, 0.5) is 0 Å². The number of hydrogen-bond donors (Lipinski definition) is 2. The van der Waals surface area contributed by atoms with Gasteiger partial charge in [0.15, 0.2) is 0 Å². The molecule has 0 aliphatic rings. The quantitative estimate of drug-likeness (QED) is 0.169. The normalized spacial score (nSPS) is 13.7. The maximum absolute atomic E-state index is 13.8. The van der Waals surface area contributed by atoms with Gasteiger partial charge in [-0.1, -0.05) is 95.7 Å². The lowest BCUT2D eigenvalue weighted by Gasteiger charge is -2.41. The van der Waals surface area contributed by atoms with Crippen molar-refractivity contribution in [2.45, 2.75) is 43.3 Å². The molecule has 0 unspecified atom stereocenters. The van der Waals surface area contributed by atoms with Crippen molar-refractivity contribution in [2.24, 2.45) is 5.92 Å². The van der Waals surface area contributed by atoms with Gasteiger partial charge in [-0.25, -0.2) is 13.1 Å². The van der Waals surface area contributed by atoms with Crippen LogP contribution < -0.4 is 15.1 Å². The van der Waals surface area contributed by atoms with E-state index in [4.69, 9.17) is 9.47 Å². The Hall–Kier alpha value is -2.82. The molecule has 9 heteroatoms. The van der Waals surface area contributed by atoms with E-state index in [1.165, 1.54) is 0 Å². The highest BCUT2D eigenvalue weighted by Crippen LogP contribution is 2.26. The van der Waals surface area contributed by atoms with E-state index in [9.17, 15) is 18.3 Å². The number of hydrogen-bond acceptors (Lipinski definition) is 5. The molecule has 7 nitrogen and oxygen atoms in total. The predicted octanol–water partition coefficient (Wildman–Crippen LogP) is 3.57. The Labute approximate surface area is 226 Å². The molecule has 3 aromatic carbocycles. The zero-order valence-corrected chi connectivity index (χ0v) is 24.0. The van der Waals surface area contributed by atoms with Gasteiger partial charge >= 0.3 is 5.97 Å². The lowest BCUT2D eigenvalue weighted by Crippen LogP contribution is -2.71. The van der Waals surface area contributed by atoms with Crippen LogP contribution in [-0.2, 0) is 24.3 Å². The minimum atomic E-state index is -3.91. The number of carbonyl (C=O) groups is 1. The maximum Gasteiger partial charge on any atom is 0.305 e. The van der Waals surface area contributed by atoms with Gasteiger partial charge in [0.25, 0.3) is 0 Å². The molecule has 0 aliphatic heterocycles. The highest BCUT2D eigenvalue weighted by Gasteiger charge is 2.47. The zero-order valence-electron chi connectivity index (χ0n) is 22.2. The Balaban J connectivity index is 2.19. The van der Waals surface area contributed by atoms with Gasteiger partial charge in [0, 0.05) is 19.4 Å². The first kappa shape index (κ1) is 29.7. The van der Waals surface area contributed by atoms with Crippen LogP contribution in [0, 0.1) is 12.8 Å². The van der Waals surface area contributed by atoms with Crippen molar-refractivity contribution in [1.29, 1.82) is 0 Å². The SMILES string of the molecule is COCOCCC[C@H](NS(=O)(=O)c1ccc(C)cc1)[Si](C[C@@H](C)C(=O)O)(c1ccccc1)c1ccccc1. The topological polar surface area (TPSA) is 102 Å². The summed E-state index contributed by atoms with van der Waals surface area (Å²) in [6, 6.07) is 26.6. The standard InChI is InChI=1S/C29H37NO6SSi/c1-23-16-18-25(19-17-23)37(33,34)30-28(15-10-20-36-22-35-3)38(21-24(2)29(31)32,26-11-6-4-7-12-26)27-13-8-5-9-14-27/h4-9,11-14,16-19,24,28,30H,10,15,20-22H2,1-3H3,(H,31,32)/t24-,28-/m1/s1. The molecular weight excluding hydrogens is 518 g/mol. The first-order chi connectivity index (χ1) is 18.2. The summed E-state index contributed by atoms with van der Waals surface area (Å²) in [6.07, 6.45) is 1.04. The fraction of sp³-hybridized carbons (Fsp3) is 0.345. The largest absolute Gasteiger partial charge is 0.481 e. The first-order valence-electron chi connectivity index (χ1n) is 12.7. The number of sulfonamides is 1. The molecule has 2 atom stereocenters. The average Bonchev–Trinajstić information content (AvgIpc) is 2.92. The Kier molecular flexibility index (Phi) is 10.8. The van der Waals surface area contributed by atoms with E-state index in [0.29, 0.717) is 25.5 Å². The van der Waals surface area contributed by atoms with Gasteiger partial charge in [0.2, 0.25) is 10.0 Å². The summed E-state index contributed by atoms with van der Waals surface area (Å²) in [7, 11) is -5.44. The summed E-state index contributed by atoms with van der Waals surface area (Å²) in [4.78, 5) is 12.4. The van der Waals surface area contributed by atoms with Gasteiger partial charge in [-0.15, -0.1) is 0 Å². The number of carboxylic acids is 1. The second-order valence-electron chi connectivity index (χ2n) is 9.59. The second-order valence-corrected chi connectivity index (χ2v) is 15.5. The molecule has 0 heterocycles. The molecule has 0 saturated carbocycles. The van der Waals surface area contributed by atoms with Crippen molar-refractivity contribution in [3.05, 3.63) is 90.5 Å². The van der Waals surface area contributed by atoms with E-state index in [1.54, 1.807) is 38.3 Å². The fourth-order valence-electron chi connectivity index (χ4n) is 4.90. The van der Waals surface area contributed by atoms with E-state index in [0.717, 1.165) is 15.9 Å². The number of nitrogens with one attached hydrogen (secondary N) is 1. The summed E-state index contributed by atoms with van der Waals surface area (Å²) in [6.45, 7) is 4.14. The molecule has 0 fully saturated rings. The lowest BCUT2D eigenvalue weighted by atomic mass is 10.2. The fourth-order valence-corrected chi connectivity index (χ4v) is 12.6. The maximum atomic E-state index is 13.8. The smallest absolute Gasteiger partial charge is 0.305 e. The van der Waals surface area contributed by atoms with Crippen molar-refractivity contribution in [2.75, 3.05) is 20.5 Å². The van der Waals surface area contributed by atoms with Crippen LogP contribution in [0.2, 0.25) is 6.04 Å². The summed E-state index contributed by atoms with van der Waals surface area (Å²) in [5, 5.41) is 11.9. The van der Waals surface area contributed by atoms with E-state index in [1.807, 2.05) is 67.6 Å². The van der Waals surface area contributed by atoms with E-state index in [-0.39, 0.29) is 11.7 Å². The first-order valence-corrected chi connectivity index (χ1v) is 16.5. The van der Waals surface area contributed by atoms with Crippen LogP contribution >= 0.6 is 0 Å². The molecule has 38 heavy (non-hydrogen) atoms. The van der Waals surface area contributed by atoms with Crippen molar-refractivity contribution in [3.63, 3.8) is 0 Å². The van der Waals surface area contributed by atoms with Gasteiger partial charge in [-0.05, 0) is 37.9 Å². The molecule has 3 aromatic rings. The number of rotatable bonds is 15. The summed E-state index contributed by atoms with van der Waals surface area (Å²) < 4.78 is 41.1. The third kappa shape index (κ3) is 7.39. The minimum Gasteiger partial charge on any atom is -0.481 e. The molecule has 3 rings (SSSR count). The summed E-state index contributed by atoms with van der Waals surface area (Å²) in [5.41, 5.74) is 0.426. The number of aryl methyl sites for hydroxylation is 1. The van der Waals surface area contributed by atoms with Crippen LogP contribution in [0.1, 0.15) is 25.3 Å². The molecule has 0 aromatic heterocycles. The second kappa shape index (κ2) is 13.8. The number of benzene rings is 3.